The summed E-state index contributed by atoms with van der Waals surface area (Å²) < 4.78 is 0. The summed E-state index contributed by atoms with van der Waals surface area (Å²) in [6.45, 7) is 6.12. The van der Waals surface area contributed by atoms with Gasteiger partial charge in [0.25, 0.3) is 0 Å². The van der Waals surface area contributed by atoms with Crippen LogP contribution in [0.3, 0.4) is 0 Å². The topological polar surface area (TPSA) is 40.5 Å². The molecule has 0 bridgehead atoms. The summed E-state index contributed by atoms with van der Waals surface area (Å²) in [6.07, 6.45) is 2.64. The molecule has 0 saturated heterocycles. The number of hydrogen-bond donors (Lipinski definition) is 1. The van der Waals surface area contributed by atoms with Crippen LogP contribution in [-0.2, 0) is 4.79 Å². The Kier molecular flexibility index (Phi) is 3.68. The van der Waals surface area contributed by atoms with Crippen molar-refractivity contribution in [2.24, 2.45) is 5.41 Å². The van der Waals surface area contributed by atoms with Gasteiger partial charge in [0.05, 0.1) is 12.0 Å². The van der Waals surface area contributed by atoms with Gasteiger partial charge in [-0.3, -0.25) is 4.79 Å². The van der Waals surface area contributed by atoms with Gasteiger partial charge in [-0.15, -0.1) is 0 Å². The number of aryl methyl sites for hydroxylation is 3. The zero-order valence-electron chi connectivity index (χ0n) is 12.3. The third kappa shape index (κ3) is 2.27. The molecule has 0 radical (unpaired) electrons. The lowest BCUT2D eigenvalue weighted by Crippen LogP contribution is -2.49. The summed E-state index contributed by atoms with van der Waals surface area (Å²) in [5, 5.41) is 9.52. The minimum absolute atomic E-state index is 0.0416. The molecule has 0 unspecified atom stereocenters. The van der Waals surface area contributed by atoms with Crippen molar-refractivity contribution in [3.63, 3.8) is 0 Å². The summed E-state index contributed by atoms with van der Waals surface area (Å²) in [5.74, 6) is 0.0487. The van der Waals surface area contributed by atoms with E-state index < -0.39 is 5.41 Å². The maximum Gasteiger partial charge on any atom is 0.235 e. The fourth-order valence-electron chi connectivity index (χ4n) is 2.81. The van der Waals surface area contributed by atoms with Crippen LogP contribution in [0.2, 0.25) is 0 Å². The average Bonchev–Trinajstić information content (AvgIpc) is 2.32. The Labute approximate surface area is 115 Å². The van der Waals surface area contributed by atoms with E-state index in [-0.39, 0.29) is 12.5 Å². The highest BCUT2D eigenvalue weighted by molar-refractivity contribution is 5.98. The molecule has 19 heavy (non-hydrogen) atoms. The van der Waals surface area contributed by atoms with E-state index in [1.165, 1.54) is 11.1 Å². The molecule has 3 nitrogen and oxygen atoms in total. The van der Waals surface area contributed by atoms with Gasteiger partial charge in [0.1, 0.15) is 0 Å². The van der Waals surface area contributed by atoms with Crippen LogP contribution in [0.15, 0.2) is 12.1 Å². The lowest BCUT2D eigenvalue weighted by Gasteiger charge is -2.41. The van der Waals surface area contributed by atoms with E-state index >= 15 is 0 Å². The molecule has 0 aromatic heterocycles. The van der Waals surface area contributed by atoms with E-state index in [4.69, 9.17) is 0 Å². The maximum atomic E-state index is 12.6. The largest absolute Gasteiger partial charge is 0.395 e. The van der Waals surface area contributed by atoms with E-state index in [0.717, 1.165) is 30.5 Å². The van der Waals surface area contributed by atoms with Crippen LogP contribution in [0.5, 0.6) is 0 Å². The highest BCUT2D eigenvalue weighted by atomic mass is 16.3. The molecule has 1 saturated carbocycles. The molecule has 1 aliphatic carbocycles. The van der Waals surface area contributed by atoms with Crippen LogP contribution in [0.25, 0.3) is 0 Å². The van der Waals surface area contributed by atoms with Gasteiger partial charge < -0.3 is 10.0 Å². The van der Waals surface area contributed by atoms with E-state index in [0.29, 0.717) is 0 Å². The van der Waals surface area contributed by atoms with Crippen LogP contribution in [0, 0.1) is 26.2 Å². The average molecular weight is 261 g/mol. The second-order valence-electron chi connectivity index (χ2n) is 5.88. The van der Waals surface area contributed by atoms with Crippen LogP contribution >= 0.6 is 0 Å². The first-order valence-corrected chi connectivity index (χ1v) is 6.88. The quantitative estimate of drug-likeness (QED) is 0.909. The van der Waals surface area contributed by atoms with Crippen molar-refractivity contribution in [1.29, 1.82) is 0 Å². The number of carbonyl (C=O) groups is 1. The molecular weight excluding hydrogens is 238 g/mol. The Bertz CT molecular complexity index is 498. The second kappa shape index (κ2) is 4.97. The number of carbonyl (C=O) groups excluding carboxylic acids is 1. The Balaban J connectivity index is 2.31. The Morgan fingerprint density at radius 1 is 1.21 bits per heavy atom. The Morgan fingerprint density at radius 2 is 1.79 bits per heavy atom. The lowest BCUT2D eigenvalue weighted by atomic mass is 9.68. The van der Waals surface area contributed by atoms with Gasteiger partial charge in [0.2, 0.25) is 5.91 Å². The first kappa shape index (κ1) is 14.1. The number of aliphatic hydroxyl groups is 1. The fraction of sp³-hybridized carbons (Fsp3) is 0.562. The van der Waals surface area contributed by atoms with Crippen LogP contribution in [0.4, 0.5) is 5.69 Å². The fourth-order valence-corrected chi connectivity index (χ4v) is 2.81. The minimum Gasteiger partial charge on any atom is -0.395 e. The van der Waals surface area contributed by atoms with Gasteiger partial charge in [0, 0.05) is 12.7 Å². The van der Waals surface area contributed by atoms with Crippen LogP contribution in [-0.4, -0.2) is 24.7 Å². The molecule has 2 rings (SSSR count). The standard InChI is InChI=1S/C16H23NO2/c1-11-8-13(3)14(9-12(11)2)17(4)15(19)16(10-18)6-5-7-16/h8-9,18H,5-7,10H2,1-4H3. The van der Waals surface area contributed by atoms with Crippen molar-refractivity contribution in [1.82, 2.24) is 0 Å². The molecular formula is C16H23NO2. The summed E-state index contributed by atoms with van der Waals surface area (Å²) in [5.41, 5.74) is 3.95. The molecule has 1 N–H and O–H groups in total. The van der Waals surface area contributed by atoms with Crippen molar-refractivity contribution in [2.45, 2.75) is 40.0 Å². The van der Waals surface area contributed by atoms with Crippen LogP contribution in [0.1, 0.15) is 36.0 Å². The molecule has 104 valence electrons. The van der Waals surface area contributed by atoms with Gasteiger partial charge in [-0.05, 0) is 56.4 Å². The Hall–Kier alpha value is -1.35. The number of hydrogen-bond acceptors (Lipinski definition) is 2. The van der Waals surface area contributed by atoms with Gasteiger partial charge in [-0.1, -0.05) is 12.5 Å². The molecule has 0 spiro atoms. The number of anilines is 1. The highest BCUT2D eigenvalue weighted by Gasteiger charge is 2.45. The van der Waals surface area contributed by atoms with E-state index in [9.17, 15) is 9.90 Å². The predicted molar refractivity (Wildman–Crippen MR) is 77.4 cm³/mol. The first-order valence-electron chi connectivity index (χ1n) is 6.88. The third-order valence-corrected chi connectivity index (χ3v) is 4.55. The number of benzene rings is 1. The van der Waals surface area contributed by atoms with Gasteiger partial charge >= 0.3 is 0 Å². The molecule has 1 amide bonds. The lowest BCUT2D eigenvalue weighted by molar-refractivity contribution is -0.136. The minimum atomic E-state index is -0.528. The summed E-state index contributed by atoms with van der Waals surface area (Å²) >= 11 is 0. The number of aliphatic hydroxyl groups excluding tert-OH is 1. The normalized spacial score (nSPS) is 16.9. The number of nitrogens with zero attached hydrogens (tertiary/aromatic N) is 1. The van der Waals surface area contributed by atoms with E-state index in [1.54, 1.807) is 4.90 Å². The smallest absolute Gasteiger partial charge is 0.235 e. The summed E-state index contributed by atoms with van der Waals surface area (Å²) in [4.78, 5) is 14.3. The van der Waals surface area contributed by atoms with Crippen molar-refractivity contribution >= 4 is 11.6 Å². The molecule has 1 aromatic rings. The number of rotatable bonds is 3. The third-order valence-electron chi connectivity index (χ3n) is 4.55. The molecule has 1 aliphatic rings. The first-order chi connectivity index (χ1) is 8.91. The summed E-state index contributed by atoms with van der Waals surface area (Å²) in [6, 6.07) is 4.17. The van der Waals surface area contributed by atoms with Crippen molar-refractivity contribution in [2.75, 3.05) is 18.6 Å². The highest BCUT2D eigenvalue weighted by Crippen LogP contribution is 2.42. The molecule has 1 aromatic carbocycles. The second-order valence-corrected chi connectivity index (χ2v) is 5.88. The number of amides is 1. The van der Waals surface area contributed by atoms with Gasteiger partial charge in [0.15, 0.2) is 0 Å². The molecule has 0 atom stereocenters. The van der Waals surface area contributed by atoms with Gasteiger partial charge in [-0.2, -0.15) is 0 Å². The van der Waals surface area contributed by atoms with E-state index in [2.05, 4.69) is 26.0 Å². The zero-order valence-corrected chi connectivity index (χ0v) is 12.3. The van der Waals surface area contributed by atoms with Gasteiger partial charge in [-0.25, -0.2) is 0 Å². The molecule has 0 heterocycles. The van der Waals surface area contributed by atoms with Crippen molar-refractivity contribution < 1.29 is 9.90 Å². The molecule has 0 aliphatic heterocycles. The predicted octanol–water partition coefficient (Wildman–Crippen LogP) is 2.74. The van der Waals surface area contributed by atoms with Crippen molar-refractivity contribution in [3.05, 3.63) is 28.8 Å². The maximum absolute atomic E-state index is 12.6. The summed E-state index contributed by atoms with van der Waals surface area (Å²) in [7, 11) is 1.81. The van der Waals surface area contributed by atoms with Crippen LogP contribution < -0.4 is 4.90 Å². The van der Waals surface area contributed by atoms with E-state index in [1.807, 2.05) is 14.0 Å². The molecule has 3 heteroatoms. The molecule has 1 fully saturated rings. The monoisotopic (exact) mass is 261 g/mol. The Morgan fingerprint density at radius 3 is 2.26 bits per heavy atom. The van der Waals surface area contributed by atoms with Crippen molar-refractivity contribution in [3.8, 4) is 0 Å². The SMILES string of the molecule is Cc1cc(C)c(N(C)C(=O)C2(CO)CCC2)cc1C. The zero-order chi connectivity index (χ0) is 14.2.